The number of hydrogen-bond donors (Lipinski definition) is 2. The van der Waals surface area contributed by atoms with E-state index in [9.17, 15) is 0 Å². The molecule has 0 aliphatic carbocycles. The Morgan fingerprint density at radius 2 is 1.14 bits per heavy atom. The van der Waals surface area contributed by atoms with Crippen LogP contribution in [0, 0.1) is 0 Å². The van der Waals surface area contributed by atoms with Crippen LogP contribution in [0.25, 0.3) is 22.1 Å². The standard InChI is InChI=1S/2C13H17N3.3ClH/c2*1-2-6-14-11-7-10-4-3-5-12-13(10)16(8-11)9-15-12;;;/h2*3-5,9,11,14H,2,6-8H2,1H3;3*1H. The zero-order valence-electron chi connectivity index (χ0n) is 20.4. The number of imidazole rings is 2. The van der Waals surface area contributed by atoms with Gasteiger partial charge in [-0.05, 0) is 62.0 Å². The molecule has 2 aromatic carbocycles. The summed E-state index contributed by atoms with van der Waals surface area (Å²) in [4.78, 5) is 8.88. The van der Waals surface area contributed by atoms with E-state index in [1.54, 1.807) is 0 Å². The molecule has 4 aromatic rings. The fourth-order valence-corrected chi connectivity index (χ4v) is 5.12. The number of aromatic nitrogens is 4. The number of nitrogens with zero attached hydrogens (tertiary/aromatic N) is 4. The van der Waals surface area contributed by atoms with Crippen molar-refractivity contribution in [2.24, 2.45) is 0 Å². The molecule has 9 heteroatoms. The number of hydrogen-bond acceptors (Lipinski definition) is 4. The lowest BCUT2D eigenvalue weighted by atomic mass is 10.0. The Morgan fingerprint density at radius 3 is 1.54 bits per heavy atom. The third-order valence-corrected chi connectivity index (χ3v) is 6.58. The van der Waals surface area contributed by atoms with Gasteiger partial charge < -0.3 is 19.8 Å². The highest BCUT2D eigenvalue weighted by molar-refractivity contribution is 5.86. The summed E-state index contributed by atoms with van der Waals surface area (Å²) >= 11 is 0. The van der Waals surface area contributed by atoms with Gasteiger partial charge in [0.1, 0.15) is 0 Å². The Labute approximate surface area is 226 Å². The molecule has 0 bridgehead atoms. The first-order valence-electron chi connectivity index (χ1n) is 12.1. The Morgan fingerprint density at radius 1 is 0.714 bits per heavy atom. The van der Waals surface area contributed by atoms with E-state index in [4.69, 9.17) is 0 Å². The van der Waals surface area contributed by atoms with E-state index >= 15 is 0 Å². The second-order valence-electron chi connectivity index (χ2n) is 9.07. The number of rotatable bonds is 6. The van der Waals surface area contributed by atoms with E-state index in [1.165, 1.54) is 35.0 Å². The Balaban J connectivity index is 0.000000227. The normalized spacial score (nSPS) is 17.5. The summed E-state index contributed by atoms with van der Waals surface area (Å²) in [5.41, 5.74) is 7.77. The molecule has 0 saturated heterocycles. The van der Waals surface area contributed by atoms with Crippen molar-refractivity contribution in [1.29, 1.82) is 0 Å². The van der Waals surface area contributed by atoms with Crippen LogP contribution in [0.4, 0.5) is 0 Å². The number of para-hydroxylation sites is 2. The van der Waals surface area contributed by atoms with Gasteiger partial charge in [0.05, 0.1) is 34.7 Å². The van der Waals surface area contributed by atoms with Gasteiger partial charge in [0.15, 0.2) is 0 Å². The van der Waals surface area contributed by atoms with Crippen LogP contribution in [-0.4, -0.2) is 44.3 Å². The van der Waals surface area contributed by atoms with Crippen LogP contribution in [0.1, 0.15) is 37.8 Å². The molecule has 2 aliphatic rings. The molecule has 2 unspecified atom stereocenters. The predicted molar refractivity (Wildman–Crippen MR) is 153 cm³/mol. The van der Waals surface area contributed by atoms with Crippen molar-refractivity contribution < 1.29 is 0 Å². The Bertz CT molecular complexity index is 1110. The molecule has 0 amide bonds. The molecule has 0 fully saturated rings. The highest BCUT2D eigenvalue weighted by atomic mass is 35.5. The van der Waals surface area contributed by atoms with Gasteiger partial charge in [-0.15, -0.1) is 37.2 Å². The molecule has 0 saturated carbocycles. The van der Waals surface area contributed by atoms with Crippen LogP contribution in [0.3, 0.4) is 0 Å². The van der Waals surface area contributed by atoms with Crippen molar-refractivity contribution in [3.8, 4) is 0 Å². The van der Waals surface area contributed by atoms with E-state index in [-0.39, 0.29) is 37.2 Å². The lowest BCUT2D eigenvalue weighted by Gasteiger charge is -2.25. The quantitative estimate of drug-likeness (QED) is 0.354. The first-order valence-corrected chi connectivity index (χ1v) is 12.1. The molecule has 2 aliphatic heterocycles. The topological polar surface area (TPSA) is 59.7 Å². The number of benzene rings is 2. The second kappa shape index (κ2) is 13.5. The fraction of sp³-hybridized carbons (Fsp3) is 0.462. The SMILES string of the molecule is CCCNC1Cc2cccc3ncn(c23)C1.CCCNC1Cc2cccc3ncn(c23)C1.Cl.Cl.Cl. The predicted octanol–water partition coefficient (Wildman–Crippen LogP) is 5.19. The molecule has 0 radical (unpaired) electrons. The van der Waals surface area contributed by atoms with E-state index in [2.05, 4.69) is 80.0 Å². The van der Waals surface area contributed by atoms with Crippen LogP contribution in [-0.2, 0) is 25.9 Å². The van der Waals surface area contributed by atoms with Gasteiger partial charge in [0, 0.05) is 25.2 Å². The molecule has 4 heterocycles. The van der Waals surface area contributed by atoms with E-state index in [1.807, 2.05) is 12.7 Å². The molecular formula is C26H37Cl3N6. The van der Waals surface area contributed by atoms with E-state index < -0.39 is 0 Å². The van der Waals surface area contributed by atoms with Gasteiger partial charge in [-0.1, -0.05) is 38.1 Å². The monoisotopic (exact) mass is 538 g/mol. The van der Waals surface area contributed by atoms with Gasteiger partial charge in [-0.3, -0.25) is 0 Å². The lowest BCUT2D eigenvalue weighted by molar-refractivity contribution is 0.438. The number of halogens is 3. The van der Waals surface area contributed by atoms with Gasteiger partial charge >= 0.3 is 0 Å². The first-order chi connectivity index (χ1) is 15.8. The third-order valence-electron chi connectivity index (χ3n) is 6.58. The van der Waals surface area contributed by atoms with Crippen molar-refractivity contribution in [2.75, 3.05) is 13.1 Å². The maximum Gasteiger partial charge on any atom is 0.0958 e. The lowest BCUT2D eigenvalue weighted by Crippen LogP contribution is -2.37. The summed E-state index contributed by atoms with van der Waals surface area (Å²) in [6.07, 6.45) is 8.57. The molecule has 6 nitrogen and oxygen atoms in total. The fourth-order valence-electron chi connectivity index (χ4n) is 5.12. The van der Waals surface area contributed by atoms with Crippen molar-refractivity contribution in [1.82, 2.24) is 29.7 Å². The molecule has 0 spiro atoms. The zero-order valence-corrected chi connectivity index (χ0v) is 22.9. The van der Waals surface area contributed by atoms with Gasteiger partial charge in [-0.2, -0.15) is 0 Å². The maximum absolute atomic E-state index is 4.44. The summed E-state index contributed by atoms with van der Waals surface area (Å²) in [6.45, 7) is 8.72. The maximum atomic E-state index is 4.44. The van der Waals surface area contributed by atoms with Gasteiger partial charge in [0.2, 0.25) is 0 Å². The summed E-state index contributed by atoms with van der Waals surface area (Å²) < 4.78 is 4.56. The minimum atomic E-state index is 0. The molecule has 2 atom stereocenters. The summed E-state index contributed by atoms with van der Waals surface area (Å²) in [6, 6.07) is 14.0. The molecule has 35 heavy (non-hydrogen) atoms. The Hall–Kier alpha value is -1.83. The van der Waals surface area contributed by atoms with Crippen molar-refractivity contribution in [2.45, 2.75) is 64.7 Å². The van der Waals surface area contributed by atoms with E-state index in [0.717, 1.165) is 50.1 Å². The van der Waals surface area contributed by atoms with Crippen LogP contribution in [0.2, 0.25) is 0 Å². The highest BCUT2D eigenvalue weighted by Crippen LogP contribution is 2.25. The Kier molecular flexibility index (Phi) is 11.3. The summed E-state index contributed by atoms with van der Waals surface area (Å²) in [7, 11) is 0. The smallest absolute Gasteiger partial charge is 0.0958 e. The molecule has 6 rings (SSSR count). The molecule has 2 aromatic heterocycles. The van der Waals surface area contributed by atoms with Crippen molar-refractivity contribution >= 4 is 59.3 Å². The zero-order chi connectivity index (χ0) is 21.9. The van der Waals surface area contributed by atoms with Crippen LogP contribution in [0.15, 0.2) is 49.1 Å². The van der Waals surface area contributed by atoms with E-state index in [0.29, 0.717) is 12.1 Å². The molecular weight excluding hydrogens is 503 g/mol. The summed E-state index contributed by atoms with van der Waals surface area (Å²) in [5.74, 6) is 0. The average Bonchev–Trinajstić information content (AvgIpc) is 3.43. The van der Waals surface area contributed by atoms with Gasteiger partial charge in [0.25, 0.3) is 0 Å². The number of nitrogens with one attached hydrogen (secondary N) is 2. The largest absolute Gasteiger partial charge is 0.329 e. The third kappa shape index (κ3) is 6.30. The second-order valence-corrected chi connectivity index (χ2v) is 9.07. The first kappa shape index (κ1) is 29.4. The average molecular weight is 540 g/mol. The van der Waals surface area contributed by atoms with Gasteiger partial charge in [-0.25, -0.2) is 9.97 Å². The van der Waals surface area contributed by atoms with Crippen LogP contribution < -0.4 is 10.6 Å². The van der Waals surface area contributed by atoms with Crippen molar-refractivity contribution in [3.05, 3.63) is 60.2 Å². The highest BCUT2D eigenvalue weighted by Gasteiger charge is 2.21. The molecule has 192 valence electrons. The minimum Gasteiger partial charge on any atom is -0.329 e. The minimum absolute atomic E-state index is 0. The molecule has 2 N–H and O–H groups in total. The van der Waals surface area contributed by atoms with Crippen molar-refractivity contribution in [3.63, 3.8) is 0 Å². The summed E-state index contributed by atoms with van der Waals surface area (Å²) in [5, 5.41) is 7.19. The van der Waals surface area contributed by atoms with Crippen LogP contribution in [0.5, 0.6) is 0 Å². The van der Waals surface area contributed by atoms with Crippen LogP contribution >= 0.6 is 37.2 Å².